The lowest BCUT2D eigenvalue weighted by Crippen LogP contribution is -2.25. The lowest BCUT2D eigenvalue weighted by molar-refractivity contribution is 0.305. The van der Waals surface area contributed by atoms with Gasteiger partial charge in [-0.25, -0.2) is 0 Å². The Balaban J connectivity index is 1.65. The topological polar surface area (TPSA) is 15.3 Å². The van der Waals surface area contributed by atoms with Crippen LogP contribution < -0.4 is 5.32 Å². The molecule has 17 heavy (non-hydrogen) atoms. The van der Waals surface area contributed by atoms with Crippen molar-refractivity contribution in [2.75, 3.05) is 26.2 Å². The Morgan fingerprint density at radius 3 is 2.65 bits per heavy atom. The first kappa shape index (κ1) is 11.7. The molecule has 1 aromatic rings. The molecule has 0 spiro atoms. The molecule has 0 saturated carbocycles. The maximum atomic E-state index is 3.56. The summed E-state index contributed by atoms with van der Waals surface area (Å²) in [5, 5.41) is 3.49. The minimum Gasteiger partial charge on any atom is -0.316 e. The number of rotatable bonds is 2. The van der Waals surface area contributed by atoms with E-state index in [1.807, 2.05) is 0 Å². The van der Waals surface area contributed by atoms with Gasteiger partial charge in [-0.05, 0) is 49.0 Å². The van der Waals surface area contributed by atoms with Gasteiger partial charge in [-0.15, -0.1) is 0 Å². The summed E-state index contributed by atoms with van der Waals surface area (Å²) in [4.78, 5) is 2.61. The molecule has 1 N–H and O–H groups in total. The van der Waals surface area contributed by atoms with Crippen LogP contribution in [0, 0.1) is 18.8 Å². The summed E-state index contributed by atoms with van der Waals surface area (Å²) in [6.45, 7) is 8.26. The molecule has 0 aliphatic carbocycles. The first-order valence-electron chi connectivity index (χ1n) is 6.40. The minimum atomic E-state index is 0.895. The molecule has 0 amide bonds. The SMILES string of the molecule is Cc1cc(CN2CC3CNCC3C2)ccc1Br. The Morgan fingerprint density at radius 1 is 1.29 bits per heavy atom. The first-order valence-corrected chi connectivity index (χ1v) is 7.20. The van der Waals surface area contributed by atoms with Crippen LogP contribution in [-0.2, 0) is 6.54 Å². The number of aryl methyl sites for hydroxylation is 1. The zero-order chi connectivity index (χ0) is 11.8. The molecule has 2 atom stereocenters. The van der Waals surface area contributed by atoms with E-state index in [4.69, 9.17) is 0 Å². The Kier molecular flexibility index (Phi) is 3.24. The van der Waals surface area contributed by atoms with Crippen molar-refractivity contribution in [1.82, 2.24) is 10.2 Å². The van der Waals surface area contributed by atoms with Gasteiger partial charge in [0.25, 0.3) is 0 Å². The second kappa shape index (κ2) is 4.71. The van der Waals surface area contributed by atoms with Crippen molar-refractivity contribution < 1.29 is 0 Å². The van der Waals surface area contributed by atoms with Crippen molar-refractivity contribution in [3.05, 3.63) is 33.8 Å². The van der Waals surface area contributed by atoms with Crippen molar-refractivity contribution in [3.63, 3.8) is 0 Å². The molecule has 2 nitrogen and oxygen atoms in total. The molecule has 2 fully saturated rings. The zero-order valence-corrected chi connectivity index (χ0v) is 11.8. The third-order valence-corrected chi connectivity index (χ3v) is 4.98. The number of fused-ring (bicyclic) bond motifs is 1. The largest absolute Gasteiger partial charge is 0.316 e. The number of nitrogens with zero attached hydrogens (tertiary/aromatic N) is 1. The monoisotopic (exact) mass is 294 g/mol. The highest BCUT2D eigenvalue weighted by molar-refractivity contribution is 9.10. The Morgan fingerprint density at radius 2 is 2.00 bits per heavy atom. The van der Waals surface area contributed by atoms with Gasteiger partial charge in [-0.2, -0.15) is 0 Å². The van der Waals surface area contributed by atoms with Crippen molar-refractivity contribution >= 4 is 15.9 Å². The molecule has 3 heteroatoms. The summed E-state index contributed by atoms with van der Waals surface area (Å²) < 4.78 is 1.21. The zero-order valence-electron chi connectivity index (χ0n) is 10.2. The number of benzene rings is 1. The number of hydrogen-bond acceptors (Lipinski definition) is 2. The predicted octanol–water partition coefficient (Wildman–Crippen LogP) is 2.41. The summed E-state index contributed by atoms with van der Waals surface area (Å²) >= 11 is 3.56. The maximum absolute atomic E-state index is 3.56. The van der Waals surface area contributed by atoms with E-state index in [1.54, 1.807) is 0 Å². The third kappa shape index (κ3) is 2.42. The highest BCUT2D eigenvalue weighted by Gasteiger charge is 2.35. The number of halogens is 1. The Hall–Kier alpha value is -0.380. The maximum Gasteiger partial charge on any atom is 0.0234 e. The van der Waals surface area contributed by atoms with Gasteiger partial charge in [0.05, 0.1) is 0 Å². The van der Waals surface area contributed by atoms with Crippen LogP contribution in [0.15, 0.2) is 22.7 Å². The smallest absolute Gasteiger partial charge is 0.0234 e. The van der Waals surface area contributed by atoms with E-state index < -0.39 is 0 Å². The minimum absolute atomic E-state index is 0.895. The van der Waals surface area contributed by atoms with Gasteiger partial charge in [0.2, 0.25) is 0 Å². The molecule has 92 valence electrons. The molecule has 2 aliphatic rings. The average Bonchev–Trinajstić information content (AvgIpc) is 2.84. The predicted molar refractivity (Wildman–Crippen MR) is 74.0 cm³/mol. The van der Waals surface area contributed by atoms with E-state index in [0.717, 1.165) is 18.4 Å². The van der Waals surface area contributed by atoms with Gasteiger partial charge < -0.3 is 5.32 Å². The second-order valence-electron chi connectivity index (χ2n) is 5.46. The summed E-state index contributed by atoms with van der Waals surface area (Å²) in [5.74, 6) is 1.79. The fourth-order valence-corrected chi connectivity index (χ4v) is 3.39. The van der Waals surface area contributed by atoms with Crippen LogP contribution in [0.25, 0.3) is 0 Å². The van der Waals surface area contributed by atoms with Gasteiger partial charge in [0, 0.05) is 24.1 Å². The number of hydrogen-bond donors (Lipinski definition) is 1. The molecular weight excluding hydrogens is 276 g/mol. The lowest BCUT2D eigenvalue weighted by Gasteiger charge is -2.17. The molecule has 1 aromatic carbocycles. The van der Waals surface area contributed by atoms with Crippen LogP contribution in [0.1, 0.15) is 11.1 Å². The molecule has 0 radical (unpaired) electrons. The van der Waals surface area contributed by atoms with Gasteiger partial charge in [-0.3, -0.25) is 4.90 Å². The summed E-state index contributed by atoms with van der Waals surface area (Å²) in [6, 6.07) is 6.71. The van der Waals surface area contributed by atoms with Crippen LogP contribution >= 0.6 is 15.9 Å². The van der Waals surface area contributed by atoms with Crippen molar-refractivity contribution in [2.24, 2.45) is 11.8 Å². The van der Waals surface area contributed by atoms with E-state index in [1.165, 1.54) is 41.8 Å². The average molecular weight is 295 g/mol. The van der Waals surface area contributed by atoms with Gasteiger partial charge in [0.15, 0.2) is 0 Å². The first-order chi connectivity index (χ1) is 8.22. The van der Waals surface area contributed by atoms with Gasteiger partial charge in [0.1, 0.15) is 0 Å². The van der Waals surface area contributed by atoms with E-state index >= 15 is 0 Å². The molecule has 3 rings (SSSR count). The molecule has 2 aliphatic heterocycles. The summed E-state index contributed by atoms with van der Waals surface area (Å²) in [7, 11) is 0. The van der Waals surface area contributed by atoms with Crippen LogP contribution in [0.5, 0.6) is 0 Å². The number of likely N-dealkylation sites (tertiary alicyclic amines) is 1. The van der Waals surface area contributed by atoms with E-state index in [0.29, 0.717) is 0 Å². The van der Waals surface area contributed by atoms with Crippen molar-refractivity contribution in [2.45, 2.75) is 13.5 Å². The van der Waals surface area contributed by atoms with Crippen LogP contribution in [-0.4, -0.2) is 31.1 Å². The lowest BCUT2D eigenvalue weighted by atomic mass is 10.0. The fraction of sp³-hybridized carbons (Fsp3) is 0.571. The van der Waals surface area contributed by atoms with Crippen molar-refractivity contribution in [1.29, 1.82) is 0 Å². The molecule has 0 aromatic heterocycles. The van der Waals surface area contributed by atoms with Gasteiger partial charge in [-0.1, -0.05) is 28.1 Å². The van der Waals surface area contributed by atoms with Crippen LogP contribution in [0.3, 0.4) is 0 Å². The third-order valence-electron chi connectivity index (χ3n) is 4.09. The molecule has 2 saturated heterocycles. The highest BCUT2D eigenvalue weighted by Crippen LogP contribution is 2.28. The number of nitrogens with one attached hydrogen (secondary N) is 1. The van der Waals surface area contributed by atoms with Crippen molar-refractivity contribution in [3.8, 4) is 0 Å². The van der Waals surface area contributed by atoms with E-state index in [-0.39, 0.29) is 0 Å². The van der Waals surface area contributed by atoms with Crippen LogP contribution in [0.4, 0.5) is 0 Å². The van der Waals surface area contributed by atoms with E-state index in [9.17, 15) is 0 Å². The van der Waals surface area contributed by atoms with Crippen LogP contribution in [0.2, 0.25) is 0 Å². The summed E-state index contributed by atoms with van der Waals surface area (Å²) in [5.41, 5.74) is 2.78. The molecule has 2 unspecified atom stereocenters. The summed E-state index contributed by atoms with van der Waals surface area (Å²) in [6.07, 6.45) is 0. The molecule has 0 bridgehead atoms. The molecule has 2 heterocycles. The molecular formula is C14H19BrN2. The fourth-order valence-electron chi connectivity index (χ4n) is 3.14. The van der Waals surface area contributed by atoms with E-state index in [2.05, 4.69) is 51.3 Å². The normalized spacial score (nSPS) is 28.6. The Labute approximate surface area is 112 Å². The standard InChI is InChI=1S/C14H19BrN2/c1-10-4-11(2-3-14(10)15)7-17-8-12-5-16-6-13(12)9-17/h2-4,12-13,16H,5-9H2,1H3. The Bertz CT molecular complexity index is 407. The quantitative estimate of drug-likeness (QED) is 0.901. The highest BCUT2D eigenvalue weighted by atomic mass is 79.9. The second-order valence-corrected chi connectivity index (χ2v) is 6.31. The van der Waals surface area contributed by atoms with Gasteiger partial charge >= 0.3 is 0 Å².